The highest BCUT2D eigenvalue weighted by molar-refractivity contribution is 9.10. The standard InChI is InChI=1S/C8H13BrN4O/c1-2-14-4-3-11-8-6(9)7(10)12-5-13-8/h5H,2-4H2,1H3,(H3,10,11,12,13). The van der Waals surface area contributed by atoms with Gasteiger partial charge in [-0.25, -0.2) is 9.97 Å². The van der Waals surface area contributed by atoms with E-state index in [1.165, 1.54) is 6.33 Å². The summed E-state index contributed by atoms with van der Waals surface area (Å²) in [5, 5.41) is 3.09. The number of ether oxygens (including phenoxy) is 1. The minimum absolute atomic E-state index is 0.430. The molecule has 6 heteroatoms. The molecule has 0 radical (unpaired) electrons. The lowest BCUT2D eigenvalue weighted by Gasteiger charge is -2.07. The van der Waals surface area contributed by atoms with Crippen LogP contribution in [0.15, 0.2) is 10.8 Å². The van der Waals surface area contributed by atoms with Gasteiger partial charge in [-0.15, -0.1) is 0 Å². The van der Waals surface area contributed by atoms with Crippen molar-refractivity contribution in [3.05, 3.63) is 10.8 Å². The number of rotatable bonds is 5. The Morgan fingerprint density at radius 2 is 2.36 bits per heavy atom. The van der Waals surface area contributed by atoms with E-state index in [0.29, 0.717) is 29.3 Å². The maximum Gasteiger partial charge on any atom is 0.146 e. The van der Waals surface area contributed by atoms with E-state index in [4.69, 9.17) is 10.5 Å². The summed E-state index contributed by atoms with van der Waals surface area (Å²) in [5.74, 6) is 1.12. The normalized spacial score (nSPS) is 10.1. The molecule has 1 aromatic rings. The van der Waals surface area contributed by atoms with Gasteiger partial charge in [-0.3, -0.25) is 0 Å². The Bertz CT molecular complexity index is 295. The molecule has 0 saturated heterocycles. The summed E-state index contributed by atoms with van der Waals surface area (Å²) in [7, 11) is 0. The fraction of sp³-hybridized carbons (Fsp3) is 0.500. The molecule has 0 aliphatic rings. The van der Waals surface area contributed by atoms with Crippen molar-refractivity contribution in [2.45, 2.75) is 6.92 Å². The number of hydrogen-bond donors (Lipinski definition) is 2. The second-order valence-corrected chi connectivity index (χ2v) is 3.34. The molecule has 3 N–H and O–H groups in total. The molecular weight excluding hydrogens is 248 g/mol. The number of anilines is 2. The van der Waals surface area contributed by atoms with Gasteiger partial charge in [0.25, 0.3) is 0 Å². The van der Waals surface area contributed by atoms with Crippen LogP contribution in [0.25, 0.3) is 0 Å². The van der Waals surface area contributed by atoms with Crippen LogP contribution in [0.3, 0.4) is 0 Å². The van der Waals surface area contributed by atoms with Crippen LogP contribution in [0.1, 0.15) is 6.92 Å². The van der Waals surface area contributed by atoms with Crippen LogP contribution in [0.2, 0.25) is 0 Å². The SMILES string of the molecule is CCOCCNc1ncnc(N)c1Br. The van der Waals surface area contributed by atoms with E-state index in [2.05, 4.69) is 31.2 Å². The zero-order valence-corrected chi connectivity index (χ0v) is 9.54. The summed E-state index contributed by atoms with van der Waals surface area (Å²) in [4.78, 5) is 7.86. The zero-order chi connectivity index (χ0) is 10.4. The summed E-state index contributed by atoms with van der Waals surface area (Å²) in [6.45, 7) is 4.02. The van der Waals surface area contributed by atoms with Crippen molar-refractivity contribution in [2.24, 2.45) is 0 Å². The van der Waals surface area contributed by atoms with Gasteiger partial charge in [-0.2, -0.15) is 0 Å². The van der Waals surface area contributed by atoms with Gasteiger partial charge in [0.15, 0.2) is 0 Å². The van der Waals surface area contributed by atoms with Crippen LogP contribution >= 0.6 is 15.9 Å². The van der Waals surface area contributed by atoms with E-state index in [0.717, 1.165) is 6.61 Å². The largest absolute Gasteiger partial charge is 0.383 e. The third-order valence-corrected chi connectivity index (χ3v) is 2.34. The molecule has 0 bridgehead atoms. The summed E-state index contributed by atoms with van der Waals surface area (Å²) in [6.07, 6.45) is 1.42. The fourth-order valence-corrected chi connectivity index (χ4v) is 1.24. The van der Waals surface area contributed by atoms with Crippen LogP contribution in [0.5, 0.6) is 0 Å². The maximum absolute atomic E-state index is 5.58. The molecule has 78 valence electrons. The van der Waals surface area contributed by atoms with Crippen molar-refractivity contribution >= 4 is 27.6 Å². The second kappa shape index (κ2) is 5.77. The first kappa shape index (κ1) is 11.2. The van der Waals surface area contributed by atoms with E-state index < -0.39 is 0 Å². The quantitative estimate of drug-likeness (QED) is 0.781. The third-order valence-electron chi connectivity index (χ3n) is 1.56. The van der Waals surface area contributed by atoms with Crippen LogP contribution in [-0.4, -0.2) is 29.7 Å². The molecule has 5 nitrogen and oxygen atoms in total. The van der Waals surface area contributed by atoms with Crippen LogP contribution in [0, 0.1) is 0 Å². The Morgan fingerprint density at radius 3 is 3.07 bits per heavy atom. The fourth-order valence-electron chi connectivity index (χ4n) is 0.893. The summed E-state index contributed by atoms with van der Waals surface area (Å²) in [6, 6.07) is 0. The average Bonchev–Trinajstić information content (AvgIpc) is 2.19. The van der Waals surface area contributed by atoms with Crippen molar-refractivity contribution in [1.29, 1.82) is 0 Å². The van der Waals surface area contributed by atoms with E-state index in [-0.39, 0.29) is 0 Å². The summed E-state index contributed by atoms with van der Waals surface area (Å²) < 4.78 is 5.86. The van der Waals surface area contributed by atoms with Crippen molar-refractivity contribution in [3.8, 4) is 0 Å². The number of nitrogens with zero attached hydrogens (tertiary/aromatic N) is 2. The lowest BCUT2D eigenvalue weighted by atomic mass is 10.5. The van der Waals surface area contributed by atoms with Gasteiger partial charge in [0, 0.05) is 13.2 Å². The molecule has 1 heterocycles. The number of nitrogens with two attached hydrogens (primary N) is 1. The number of aromatic nitrogens is 2. The van der Waals surface area contributed by atoms with Gasteiger partial charge in [-0.05, 0) is 22.9 Å². The Labute approximate surface area is 91.2 Å². The molecule has 0 unspecified atom stereocenters. The van der Waals surface area contributed by atoms with E-state index in [1.807, 2.05) is 6.92 Å². The van der Waals surface area contributed by atoms with Gasteiger partial charge in [0.2, 0.25) is 0 Å². The van der Waals surface area contributed by atoms with Crippen molar-refractivity contribution in [2.75, 3.05) is 30.8 Å². The second-order valence-electron chi connectivity index (χ2n) is 2.55. The molecule has 1 rings (SSSR count). The highest BCUT2D eigenvalue weighted by atomic mass is 79.9. The first-order valence-corrected chi connectivity index (χ1v) is 5.12. The predicted octanol–water partition coefficient (Wildman–Crippen LogP) is 1.27. The smallest absolute Gasteiger partial charge is 0.146 e. The maximum atomic E-state index is 5.58. The number of nitrogens with one attached hydrogen (secondary N) is 1. The minimum Gasteiger partial charge on any atom is -0.383 e. The van der Waals surface area contributed by atoms with Crippen molar-refractivity contribution in [3.63, 3.8) is 0 Å². The number of nitrogen functional groups attached to an aromatic ring is 1. The Kier molecular flexibility index (Phi) is 4.61. The van der Waals surface area contributed by atoms with Gasteiger partial charge in [0.1, 0.15) is 22.4 Å². The van der Waals surface area contributed by atoms with Crippen LogP contribution in [-0.2, 0) is 4.74 Å². The van der Waals surface area contributed by atoms with Gasteiger partial charge >= 0.3 is 0 Å². The Hall–Kier alpha value is -0.880. The molecular formula is C8H13BrN4O. The predicted molar refractivity (Wildman–Crippen MR) is 59.1 cm³/mol. The lowest BCUT2D eigenvalue weighted by Crippen LogP contribution is -2.11. The number of hydrogen-bond acceptors (Lipinski definition) is 5. The lowest BCUT2D eigenvalue weighted by molar-refractivity contribution is 0.158. The Morgan fingerprint density at radius 1 is 1.57 bits per heavy atom. The molecule has 14 heavy (non-hydrogen) atoms. The van der Waals surface area contributed by atoms with Crippen molar-refractivity contribution in [1.82, 2.24) is 9.97 Å². The Balaban J connectivity index is 2.46. The molecule has 1 aromatic heterocycles. The minimum atomic E-state index is 0.430. The summed E-state index contributed by atoms with van der Waals surface area (Å²) in [5.41, 5.74) is 5.58. The highest BCUT2D eigenvalue weighted by Crippen LogP contribution is 2.23. The first-order valence-electron chi connectivity index (χ1n) is 4.33. The number of halogens is 1. The van der Waals surface area contributed by atoms with E-state index >= 15 is 0 Å². The average molecular weight is 261 g/mol. The molecule has 0 aliphatic heterocycles. The summed E-state index contributed by atoms with van der Waals surface area (Å²) >= 11 is 3.30. The molecule has 0 saturated carbocycles. The topological polar surface area (TPSA) is 73.1 Å². The van der Waals surface area contributed by atoms with Crippen LogP contribution < -0.4 is 11.1 Å². The molecule has 0 amide bonds. The van der Waals surface area contributed by atoms with Crippen LogP contribution in [0.4, 0.5) is 11.6 Å². The third kappa shape index (κ3) is 3.12. The molecule has 0 aromatic carbocycles. The van der Waals surface area contributed by atoms with Gasteiger partial charge < -0.3 is 15.8 Å². The highest BCUT2D eigenvalue weighted by Gasteiger charge is 2.04. The first-order chi connectivity index (χ1) is 6.75. The van der Waals surface area contributed by atoms with Gasteiger partial charge in [-0.1, -0.05) is 0 Å². The molecule has 0 spiro atoms. The zero-order valence-electron chi connectivity index (χ0n) is 7.96. The van der Waals surface area contributed by atoms with Crippen molar-refractivity contribution < 1.29 is 4.74 Å². The molecule has 0 aliphatic carbocycles. The monoisotopic (exact) mass is 260 g/mol. The van der Waals surface area contributed by atoms with Gasteiger partial charge in [0.05, 0.1) is 6.61 Å². The van der Waals surface area contributed by atoms with E-state index in [1.54, 1.807) is 0 Å². The molecule has 0 fully saturated rings. The van der Waals surface area contributed by atoms with E-state index in [9.17, 15) is 0 Å². The molecule has 0 atom stereocenters.